The van der Waals surface area contributed by atoms with Crippen LogP contribution in [0.25, 0.3) is 82.1 Å². The molecule has 214 valence electrons. The highest BCUT2D eigenvalue weighted by molar-refractivity contribution is 6.10. The van der Waals surface area contributed by atoms with Crippen molar-refractivity contribution in [1.82, 2.24) is 9.13 Å². The molecule has 0 saturated carbocycles. The Labute approximate surface area is 266 Å². The van der Waals surface area contributed by atoms with Crippen LogP contribution in [0.1, 0.15) is 0 Å². The molecule has 0 aliphatic rings. The second-order valence-electron chi connectivity index (χ2n) is 11.7. The largest absolute Gasteiger partial charge is 0.310 e. The van der Waals surface area contributed by atoms with Crippen molar-refractivity contribution in [2.24, 2.45) is 0 Å². The first-order valence-corrected chi connectivity index (χ1v) is 15.5. The Kier molecular flexibility index (Phi) is 5.88. The summed E-state index contributed by atoms with van der Waals surface area (Å²) in [4.78, 5) is 3.81. The third-order valence-corrected chi connectivity index (χ3v) is 9.12. The third kappa shape index (κ3) is 3.98. The molecular formula is C43H27N3. The van der Waals surface area contributed by atoms with E-state index >= 15 is 0 Å². The van der Waals surface area contributed by atoms with Crippen molar-refractivity contribution < 1.29 is 0 Å². The van der Waals surface area contributed by atoms with Gasteiger partial charge in [-0.1, -0.05) is 115 Å². The Morgan fingerprint density at radius 1 is 0.391 bits per heavy atom. The lowest BCUT2D eigenvalue weighted by Crippen LogP contribution is -1.97. The summed E-state index contributed by atoms with van der Waals surface area (Å²) in [7, 11) is 0. The Morgan fingerprint density at radius 3 is 1.43 bits per heavy atom. The van der Waals surface area contributed by atoms with Gasteiger partial charge in [0.1, 0.15) is 0 Å². The standard InChI is InChI=1S/C43H27N3/c1-44-32-24-25-34(43(28-32)46-41-22-8-4-18-37(41)38-19-5-9-23-42(38)46)31-14-10-12-29(26-31)30-13-11-15-33(27-30)45-39-20-6-2-16-35(39)36-17-3-7-21-40(36)45/h2-28H. The first kappa shape index (κ1) is 26.1. The molecule has 0 unspecified atom stereocenters. The van der Waals surface area contributed by atoms with Crippen LogP contribution in [0.5, 0.6) is 0 Å². The topological polar surface area (TPSA) is 14.2 Å². The van der Waals surface area contributed by atoms with Crippen LogP contribution in [0, 0.1) is 6.57 Å². The number of fused-ring (bicyclic) bond motifs is 6. The number of nitrogens with zero attached hydrogens (tertiary/aromatic N) is 3. The minimum absolute atomic E-state index is 0.621. The minimum atomic E-state index is 0.621. The van der Waals surface area contributed by atoms with Gasteiger partial charge in [0.2, 0.25) is 0 Å². The lowest BCUT2D eigenvalue weighted by Gasteiger charge is -2.16. The number of rotatable bonds is 4. The Balaban J connectivity index is 1.22. The molecule has 46 heavy (non-hydrogen) atoms. The molecule has 2 aromatic heterocycles. The average Bonchev–Trinajstić information content (AvgIpc) is 3.65. The van der Waals surface area contributed by atoms with E-state index in [4.69, 9.17) is 6.57 Å². The summed E-state index contributed by atoms with van der Waals surface area (Å²) in [6.45, 7) is 7.81. The Hall–Kier alpha value is -6.37. The molecule has 0 amide bonds. The fourth-order valence-corrected chi connectivity index (χ4v) is 7.09. The van der Waals surface area contributed by atoms with Gasteiger partial charge < -0.3 is 9.13 Å². The molecule has 0 N–H and O–H groups in total. The summed E-state index contributed by atoms with van der Waals surface area (Å²) in [5.41, 5.74) is 11.9. The van der Waals surface area contributed by atoms with E-state index in [1.54, 1.807) is 0 Å². The molecule has 0 radical (unpaired) electrons. The van der Waals surface area contributed by atoms with Gasteiger partial charge in [0, 0.05) is 38.5 Å². The van der Waals surface area contributed by atoms with Gasteiger partial charge >= 0.3 is 0 Å². The van der Waals surface area contributed by atoms with E-state index in [1.807, 2.05) is 12.1 Å². The molecule has 3 nitrogen and oxygen atoms in total. The molecular weight excluding hydrogens is 558 g/mol. The molecule has 0 bridgehead atoms. The lowest BCUT2D eigenvalue weighted by molar-refractivity contribution is 1.18. The number of benzene rings is 7. The molecule has 0 aliphatic carbocycles. The van der Waals surface area contributed by atoms with Crippen molar-refractivity contribution in [3.05, 3.63) is 175 Å². The van der Waals surface area contributed by atoms with Gasteiger partial charge in [-0.3, -0.25) is 0 Å². The van der Waals surface area contributed by atoms with Crippen molar-refractivity contribution in [3.8, 4) is 33.6 Å². The number of para-hydroxylation sites is 4. The van der Waals surface area contributed by atoms with Crippen LogP contribution in [0.15, 0.2) is 164 Å². The molecule has 0 spiro atoms. The molecule has 0 aliphatic heterocycles. The van der Waals surface area contributed by atoms with Gasteiger partial charge in [-0.2, -0.15) is 0 Å². The van der Waals surface area contributed by atoms with Gasteiger partial charge in [0.15, 0.2) is 5.69 Å². The van der Waals surface area contributed by atoms with Gasteiger partial charge in [0.25, 0.3) is 0 Å². The maximum atomic E-state index is 7.81. The number of hydrogen-bond donors (Lipinski definition) is 0. The zero-order chi connectivity index (χ0) is 30.6. The maximum Gasteiger partial charge on any atom is 0.189 e. The van der Waals surface area contributed by atoms with Crippen LogP contribution in [0.3, 0.4) is 0 Å². The fourth-order valence-electron chi connectivity index (χ4n) is 7.09. The van der Waals surface area contributed by atoms with Crippen LogP contribution >= 0.6 is 0 Å². The third-order valence-electron chi connectivity index (χ3n) is 9.12. The van der Waals surface area contributed by atoms with E-state index in [2.05, 4.69) is 166 Å². The number of aromatic nitrogens is 2. The average molecular weight is 586 g/mol. The van der Waals surface area contributed by atoms with Gasteiger partial charge in [0.05, 0.1) is 28.6 Å². The molecule has 3 heteroatoms. The first-order valence-electron chi connectivity index (χ1n) is 15.5. The highest BCUT2D eigenvalue weighted by atomic mass is 15.0. The van der Waals surface area contributed by atoms with E-state index in [0.29, 0.717) is 5.69 Å². The molecule has 0 atom stereocenters. The smallest absolute Gasteiger partial charge is 0.189 e. The van der Waals surface area contributed by atoms with E-state index in [-0.39, 0.29) is 0 Å². The van der Waals surface area contributed by atoms with Crippen molar-refractivity contribution in [2.45, 2.75) is 0 Å². The zero-order valence-electron chi connectivity index (χ0n) is 24.9. The van der Waals surface area contributed by atoms with E-state index in [1.165, 1.54) is 32.6 Å². The molecule has 0 fully saturated rings. The van der Waals surface area contributed by atoms with Crippen molar-refractivity contribution >= 4 is 49.3 Å². The monoisotopic (exact) mass is 585 g/mol. The van der Waals surface area contributed by atoms with Crippen LogP contribution < -0.4 is 0 Å². The van der Waals surface area contributed by atoms with Crippen molar-refractivity contribution in [2.75, 3.05) is 0 Å². The Bertz CT molecular complexity index is 2560. The quantitative estimate of drug-likeness (QED) is 0.182. The summed E-state index contributed by atoms with van der Waals surface area (Å²) < 4.78 is 4.67. The summed E-state index contributed by atoms with van der Waals surface area (Å²) in [6.07, 6.45) is 0. The van der Waals surface area contributed by atoms with Crippen LogP contribution in [0.4, 0.5) is 5.69 Å². The first-order chi connectivity index (χ1) is 22.8. The van der Waals surface area contributed by atoms with Crippen LogP contribution in [-0.2, 0) is 0 Å². The van der Waals surface area contributed by atoms with Crippen molar-refractivity contribution in [3.63, 3.8) is 0 Å². The van der Waals surface area contributed by atoms with Gasteiger partial charge in [-0.05, 0) is 65.2 Å². The predicted molar refractivity (Wildman–Crippen MR) is 192 cm³/mol. The second-order valence-corrected chi connectivity index (χ2v) is 11.7. The normalized spacial score (nSPS) is 11.5. The maximum absolute atomic E-state index is 7.81. The van der Waals surface area contributed by atoms with Crippen LogP contribution in [-0.4, -0.2) is 9.13 Å². The lowest BCUT2D eigenvalue weighted by atomic mass is 9.97. The molecule has 7 aromatic carbocycles. The summed E-state index contributed by atoms with van der Waals surface area (Å²) in [6, 6.07) is 57.9. The molecule has 0 saturated heterocycles. The van der Waals surface area contributed by atoms with Gasteiger partial charge in [-0.25, -0.2) is 4.85 Å². The summed E-state index contributed by atoms with van der Waals surface area (Å²) in [5, 5.41) is 4.91. The molecule has 9 aromatic rings. The van der Waals surface area contributed by atoms with E-state index in [9.17, 15) is 0 Å². The predicted octanol–water partition coefficient (Wildman–Crippen LogP) is 11.8. The molecule has 2 heterocycles. The van der Waals surface area contributed by atoms with Crippen molar-refractivity contribution in [1.29, 1.82) is 0 Å². The zero-order valence-corrected chi connectivity index (χ0v) is 24.9. The Morgan fingerprint density at radius 2 is 0.870 bits per heavy atom. The fraction of sp³-hybridized carbons (Fsp3) is 0. The SMILES string of the molecule is [C-]#[N+]c1ccc(-c2cccc(-c3cccc(-n4c5ccccc5c5ccccc54)c3)c2)c(-n2c3ccccc3c3ccccc32)c1. The number of hydrogen-bond acceptors (Lipinski definition) is 0. The second kappa shape index (κ2) is 10.4. The summed E-state index contributed by atoms with van der Waals surface area (Å²) in [5.74, 6) is 0. The van der Waals surface area contributed by atoms with E-state index < -0.39 is 0 Å². The molecule has 9 rings (SSSR count). The van der Waals surface area contributed by atoms with E-state index in [0.717, 1.165) is 44.7 Å². The summed E-state index contributed by atoms with van der Waals surface area (Å²) >= 11 is 0. The minimum Gasteiger partial charge on any atom is -0.310 e. The van der Waals surface area contributed by atoms with Gasteiger partial charge in [-0.15, -0.1) is 0 Å². The highest BCUT2D eigenvalue weighted by Gasteiger charge is 2.17. The van der Waals surface area contributed by atoms with Crippen LogP contribution in [0.2, 0.25) is 0 Å². The highest BCUT2D eigenvalue weighted by Crippen LogP contribution is 2.39.